The first-order chi connectivity index (χ1) is 7.63. The fourth-order valence-corrected chi connectivity index (χ4v) is 1.62. The van der Waals surface area contributed by atoms with Crippen molar-refractivity contribution in [1.29, 1.82) is 0 Å². The third kappa shape index (κ3) is 1.62. The summed E-state index contributed by atoms with van der Waals surface area (Å²) in [6.07, 6.45) is 1.46. The van der Waals surface area contributed by atoms with Crippen LogP contribution >= 0.6 is 0 Å². The molecule has 0 atom stereocenters. The van der Waals surface area contributed by atoms with Crippen LogP contribution < -0.4 is 5.56 Å². The Kier molecular flexibility index (Phi) is 2.56. The lowest BCUT2D eigenvalue weighted by Crippen LogP contribution is -2.22. The van der Waals surface area contributed by atoms with Crippen LogP contribution in [0.3, 0.4) is 0 Å². The zero-order chi connectivity index (χ0) is 11.7. The van der Waals surface area contributed by atoms with E-state index in [1.54, 1.807) is 0 Å². The molecular formula is C12H9F2NO. The number of fused-ring (bicyclic) bond motifs is 1. The second kappa shape index (κ2) is 3.89. The quantitative estimate of drug-likeness (QED) is 0.714. The Morgan fingerprint density at radius 1 is 1.31 bits per heavy atom. The normalized spacial score (nSPS) is 10.6. The fraction of sp³-hybridized carbons (Fsp3) is 0.0833. The van der Waals surface area contributed by atoms with Gasteiger partial charge in [-0.1, -0.05) is 6.08 Å². The summed E-state index contributed by atoms with van der Waals surface area (Å²) in [5.74, 6) is -1.31. The van der Waals surface area contributed by atoms with Crippen LogP contribution in [0.15, 0.2) is 41.7 Å². The van der Waals surface area contributed by atoms with Crippen molar-refractivity contribution < 1.29 is 8.78 Å². The van der Waals surface area contributed by atoms with Gasteiger partial charge in [0.2, 0.25) is 0 Å². The molecule has 0 spiro atoms. The molecule has 0 unspecified atom stereocenters. The number of hydrogen-bond acceptors (Lipinski definition) is 1. The number of nitrogens with zero attached hydrogens (tertiary/aromatic N) is 1. The number of aromatic nitrogens is 1. The summed E-state index contributed by atoms with van der Waals surface area (Å²) >= 11 is 0. The maximum Gasteiger partial charge on any atom is 0.287 e. The minimum atomic E-state index is -0.846. The Bertz CT molecular complexity index is 616. The summed E-state index contributed by atoms with van der Waals surface area (Å²) < 4.78 is 27.5. The van der Waals surface area contributed by atoms with Gasteiger partial charge in [0.25, 0.3) is 5.56 Å². The molecule has 1 aromatic heterocycles. The van der Waals surface area contributed by atoms with Gasteiger partial charge < -0.3 is 4.57 Å². The summed E-state index contributed by atoms with van der Waals surface area (Å²) in [6.45, 7) is 3.63. The van der Waals surface area contributed by atoms with Crippen molar-refractivity contribution in [2.75, 3.05) is 0 Å². The third-order valence-electron chi connectivity index (χ3n) is 2.33. The molecule has 2 aromatic rings. The predicted octanol–water partition coefficient (Wildman–Crippen LogP) is 2.47. The smallest absolute Gasteiger partial charge is 0.287 e. The molecule has 4 heteroatoms. The van der Waals surface area contributed by atoms with Gasteiger partial charge in [0.1, 0.15) is 5.82 Å². The molecule has 0 fully saturated rings. The molecule has 2 rings (SSSR count). The third-order valence-corrected chi connectivity index (χ3v) is 2.33. The first-order valence-electron chi connectivity index (χ1n) is 4.73. The molecule has 1 heterocycles. The minimum Gasteiger partial charge on any atom is -0.302 e. The monoisotopic (exact) mass is 221 g/mol. The molecule has 2 nitrogen and oxygen atoms in total. The summed E-state index contributed by atoms with van der Waals surface area (Å²) in [4.78, 5) is 11.5. The standard InChI is InChI=1S/C12H9F2NO/c1-2-5-15-11-7-9(13)4-3-8(11)6-10(14)12(15)16/h2-4,6-7H,1,5H2. The van der Waals surface area contributed by atoms with Crippen LogP contribution in [-0.4, -0.2) is 4.57 Å². The molecule has 0 aliphatic heterocycles. The van der Waals surface area contributed by atoms with Crippen molar-refractivity contribution in [2.24, 2.45) is 0 Å². The van der Waals surface area contributed by atoms with Gasteiger partial charge in [-0.3, -0.25) is 4.79 Å². The number of hydrogen-bond donors (Lipinski definition) is 0. The summed E-state index contributed by atoms with van der Waals surface area (Å²) in [5, 5.41) is 0.486. The molecule has 82 valence electrons. The molecule has 0 saturated carbocycles. The Hall–Kier alpha value is -1.97. The molecule has 0 aliphatic carbocycles. The van der Waals surface area contributed by atoms with Crippen LogP contribution in [0.4, 0.5) is 8.78 Å². The van der Waals surface area contributed by atoms with Crippen molar-refractivity contribution in [3.63, 3.8) is 0 Å². The van der Waals surface area contributed by atoms with Gasteiger partial charge in [0.05, 0.1) is 5.52 Å². The Labute approximate surface area is 90.4 Å². The highest BCUT2D eigenvalue weighted by Crippen LogP contribution is 2.14. The van der Waals surface area contributed by atoms with E-state index in [1.807, 2.05) is 0 Å². The van der Waals surface area contributed by atoms with Crippen LogP contribution in [0, 0.1) is 11.6 Å². The van der Waals surface area contributed by atoms with Crippen LogP contribution in [-0.2, 0) is 6.54 Å². The molecule has 0 N–H and O–H groups in total. The van der Waals surface area contributed by atoms with E-state index in [-0.39, 0.29) is 6.54 Å². The Morgan fingerprint density at radius 3 is 2.75 bits per heavy atom. The zero-order valence-corrected chi connectivity index (χ0v) is 8.41. The van der Waals surface area contributed by atoms with Gasteiger partial charge in [-0.15, -0.1) is 6.58 Å². The molecule has 0 bridgehead atoms. The van der Waals surface area contributed by atoms with Gasteiger partial charge >= 0.3 is 0 Å². The van der Waals surface area contributed by atoms with E-state index < -0.39 is 17.2 Å². The molecule has 0 saturated heterocycles. The molecular weight excluding hydrogens is 212 g/mol. The maximum atomic E-state index is 13.3. The highest BCUT2D eigenvalue weighted by molar-refractivity contribution is 5.79. The number of rotatable bonds is 2. The van der Waals surface area contributed by atoms with Gasteiger partial charge in [0, 0.05) is 11.9 Å². The van der Waals surface area contributed by atoms with E-state index in [0.717, 1.165) is 10.6 Å². The van der Waals surface area contributed by atoms with Gasteiger partial charge in [-0.2, -0.15) is 0 Å². The summed E-state index contributed by atoms with van der Waals surface area (Å²) in [5.41, 5.74) is -0.399. The minimum absolute atomic E-state index is 0.149. The average Bonchev–Trinajstić information content (AvgIpc) is 2.26. The molecule has 1 aromatic carbocycles. The Balaban J connectivity index is 2.90. The number of halogens is 2. The lowest BCUT2D eigenvalue weighted by molar-refractivity contribution is 0.589. The number of benzene rings is 1. The molecule has 0 amide bonds. The van der Waals surface area contributed by atoms with Crippen LogP contribution in [0.2, 0.25) is 0 Å². The van der Waals surface area contributed by atoms with Crippen molar-refractivity contribution in [3.05, 3.63) is 58.9 Å². The van der Waals surface area contributed by atoms with Crippen LogP contribution in [0.25, 0.3) is 10.9 Å². The van der Waals surface area contributed by atoms with E-state index in [1.165, 1.54) is 24.3 Å². The maximum absolute atomic E-state index is 13.3. The summed E-state index contributed by atoms with van der Waals surface area (Å²) in [6, 6.07) is 4.98. The second-order valence-corrected chi connectivity index (χ2v) is 3.40. The Morgan fingerprint density at radius 2 is 2.06 bits per heavy atom. The number of pyridine rings is 1. The van der Waals surface area contributed by atoms with Crippen molar-refractivity contribution in [3.8, 4) is 0 Å². The topological polar surface area (TPSA) is 22.0 Å². The summed E-state index contributed by atoms with van der Waals surface area (Å²) in [7, 11) is 0. The van der Waals surface area contributed by atoms with Crippen molar-refractivity contribution in [1.82, 2.24) is 4.57 Å². The van der Waals surface area contributed by atoms with E-state index in [2.05, 4.69) is 6.58 Å². The zero-order valence-electron chi connectivity index (χ0n) is 8.41. The lowest BCUT2D eigenvalue weighted by Gasteiger charge is -2.08. The van der Waals surface area contributed by atoms with Crippen molar-refractivity contribution in [2.45, 2.75) is 6.54 Å². The van der Waals surface area contributed by atoms with Crippen LogP contribution in [0.1, 0.15) is 0 Å². The van der Waals surface area contributed by atoms with E-state index in [9.17, 15) is 13.6 Å². The highest BCUT2D eigenvalue weighted by Gasteiger charge is 2.08. The second-order valence-electron chi connectivity index (χ2n) is 3.40. The molecule has 0 radical (unpaired) electrons. The lowest BCUT2D eigenvalue weighted by atomic mass is 10.2. The number of allylic oxidation sites excluding steroid dienone is 1. The SMILES string of the molecule is C=CCn1c(=O)c(F)cc2ccc(F)cc21. The van der Waals surface area contributed by atoms with Gasteiger partial charge in [-0.05, 0) is 24.3 Å². The predicted molar refractivity (Wildman–Crippen MR) is 58.3 cm³/mol. The highest BCUT2D eigenvalue weighted by atomic mass is 19.1. The first-order valence-corrected chi connectivity index (χ1v) is 4.73. The average molecular weight is 221 g/mol. The largest absolute Gasteiger partial charge is 0.302 e. The first kappa shape index (κ1) is 10.5. The van der Waals surface area contributed by atoms with E-state index in [4.69, 9.17) is 0 Å². The van der Waals surface area contributed by atoms with Crippen LogP contribution in [0.5, 0.6) is 0 Å². The van der Waals surface area contributed by atoms with Crippen molar-refractivity contribution >= 4 is 10.9 Å². The van der Waals surface area contributed by atoms with Gasteiger partial charge in [-0.25, -0.2) is 8.78 Å². The molecule has 0 aliphatic rings. The molecule has 16 heavy (non-hydrogen) atoms. The fourth-order valence-electron chi connectivity index (χ4n) is 1.62. The van der Waals surface area contributed by atoms with E-state index >= 15 is 0 Å². The van der Waals surface area contributed by atoms with Gasteiger partial charge in [0.15, 0.2) is 5.82 Å². The van der Waals surface area contributed by atoms with E-state index in [0.29, 0.717) is 10.9 Å².